The van der Waals surface area contributed by atoms with Crippen LogP contribution < -0.4 is 5.73 Å². The number of aryl methyl sites for hydroxylation is 1. The Bertz CT molecular complexity index is 518. The van der Waals surface area contributed by atoms with Gasteiger partial charge in [-0.25, -0.2) is 4.98 Å². The quantitative estimate of drug-likeness (QED) is 0.796. The predicted octanol–water partition coefficient (Wildman–Crippen LogP) is 2.59. The van der Waals surface area contributed by atoms with Crippen molar-refractivity contribution >= 4 is 27.0 Å². The zero-order valence-corrected chi connectivity index (χ0v) is 9.87. The Hall–Kier alpha value is -0.870. The van der Waals surface area contributed by atoms with Crippen LogP contribution in [0, 0.1) is 0 Å². The van der Waals surface area contributed by atoms with Crippen LogP contribution in [0.5, 0.6) is 0 Å². The van der Waals surface area contributed by atoms with Gasteiger partial charge >= 0.3 is 0 Å². The third kappa shape index (κ3) is 1.32. The summed E-state index contributed by atoms with van der Waals surface area (Å²) in [5, 5.41) is 0. The van der Waals surface area contributed by atoms with Crippen LogP contribution in [0.3, 0.4) is 0 Å². The number of hydrogen-bond donors (Lipinski definition) is 1. The Kier molecular flexibility index (Phi) is 2.07. The van der Waals surface area contributed by atoms with Crippen LogP contribution in [-0.4, -0.2) is 9.55 Å². The molecular formula is C11H12BrN3. The van der Waals surface area contributed by atoms with Crippen LogP contribution in [0.4, 0.5) is 0 Å². The van der Waals surface area contributed by atoms with Gasteiger partial charge in [-0.15, -0.1) is 0 Å². The lowest BCUT2D eigenvalue weighted by Crippen LogP contribution is -2.22. The first-order valence-corrected chi connectivity index (χ1v) is 5.97. The number of nitrogens with two attached hydrogens (primary N) is 1. The lowest BCUT2D eigenvalue weighted by Gasteiger charge is -2.20. The third-order valence-corrected chi connectivity index (χ3v) is 3.62. The molecule has 1 unspecified atom stereocenters. The summed E-state index contributed by atoms with van der Waals surface area (Å²) in [6.45, 7) is 1.03. The molecule has 3 rings (SSSR count). The predicted molar refractivity (Wildman–Crippen MR) is 63.6 cm³/mol. The Balaban J connectivity index is 2.36. The zero-order chi connectivity index (χ0) is 10.4. The van der Waals surface area contributed by atoms with Gasteiger partial charge in [0.05, 0.1) is 17.1 Å². The molecule has 2 heterocycles. The monoisotopic (exact) mass is 265 g/mol. The Morgan fingerprint density at radius 1 is 1.47 bits per heavy atom. The highest BCUT2D eigenvalue weighted by Crippen LogP contribution is 2.31. The number of hydrogen-bond acceptors (Lipinski definition) is 2. The van der Waals surface area contributed by atoms with Crippen LogP contribution in [0.25, 0.3) is 11.0 Å². The molecule has 0 saturated heterocycles. The molecule has 0 fully saturated rings. The summed E-state index contributed by atoms with van der Waals surface area (Å²) in [5.74, 6) is 1.03. The first-order chi connectivity index (χ1) is 7.27. The summed E-state index contributed by atoms with van der Waals surface area (Å²) in [4.78, 5) is 4.60. The van der Waals surface area contributed by atoms with Gasteiger partial charge in [-0.05, 0) is 40.9 Å². The normalized spacial score (nSPS) is 20.5. The number of halogens is 1. The maximum atomic E-state index is 6.06. The second-order valence-corrected chi connectivity index (χ2v) is 4.83. The van der Waals surface area contributed by atoms with E-state index in [4.69, 9.17) is 5.73 Å². The molecule has 1 aromatic carbocycles. The third-order valence-electron chi connectivity index (χ3n) is 2.98. The highest BCUT2D eigenvalue weighted by molar-refractivity contribution is 9.10. The molecule has 15 heavy (non-hydrogen) atoms. The molecule has 1 aromatic heterocycles. The van der Waals surface area contributed by atoms with Crippen LogP contribution in [0.15, 0.2) is 22.7 Å². The van der Waals surface area contributed by atoms with E-state index < -0.39 is 0 Å². The highest BCUT2D eigenvalue weighted by Gasteiger charge is 2.21. The number of para-hydroxylation sites is 1. The standard InChI is InChI=1S/C11H12BrN3/c12-7-3-1-5-9-10(7)15-6-2-4-8(13)11(15)14-9/h1,3,5,8H,2,4,6,13H2. The van der Waals surface area contributed by atoms with Crippen LogP contribution in [0.1, 0.15) is 24.7 Å². The number of rotatable bonds is 0. The van der Waals surface area contributed by atoms with Gasteiger partial charge in [-0.2, -0.15) is 0 Å². The van der Waals surface area contributed by atoms with E-state index in [2.05, 4.69) is 31.5 Å². The summed E-state index contributed by atoms with van der Waals surface area (Å²) in [6, 6.07) is 6.20. The summed E-state index contributed by atoms with van der Waals surface area (Å²) >= 11 is 3.57. The summed E-state index contributed by atoms with van der Waals surface area (Å²) < 4.78 is 3.35. The van der Waals surface area contributed by atoms with Crippen LogP contribution in [0.2, 0.25) is 0 Å². The molecule has 0 spiro atoms. The van der Waals surface area contributed by atoms with Gasteiger partial charge in [0.25, 0.3) is 0 Å². The van der Waals surface area contributed by atoms with Crippen molar-refractivity contribution in [1.82, 2.24) is 9.55 Å². The van der Waals surface area contributed by atoms with Crippen molar-refractivity contribution in [3.63, 3.8) is 0 Å². The van der Waals surface area contributed by atoms with Gasteiger partial charge in [-0.3, -0.25) is 0 Å². The minimum absolute atomic E-state index is 0.0954. The molecule has 1 aliphatic heterocycles. The van der Waals surface area contributed by atoms with E-state index >= 15 is 0 Å². The molecule has 0 amide bonds. The lowest BCUT2D eigenvalue weighted by atomic mass is 10.1. The number of nitrogens with zero attached hydrogens (tertiary/aromatic N) is 2. The first kappa shape index (κ1) is 9.36. The summed E-state index contributed by atoms with van der Waals surface area (Å²) in [7, 11) is 0. The van der Waals surface area contributed by atoms with Gasteiger partial charge in [0.15, 0.2) is 0 Å². The second kappa shape index (κ2) is 3.32. The maximum Gasteiger partial charge on any atom is 0.126 e. The molecule has 0 aliphatic carbocycles. The molecule has 2 N–H and O–H groups in total. The molecule has 0 saturated carbocycles. The largest absolute Gasteiger partial charge is 0.326 e. The number of fused-ring (bicyclic) bond motifs is 3. The molecule has 1 aliphatic rings. The molecule has 2 aromatic rings. The van der Waals surface area contributed by atoms with Crippen molar-refractivity contribution in [3.8, 4) is 0 Å². The molecule has 3 nitrogen and oxygen atoms in total. The minimum atomic E-state index is 0.0954. The number of aromatic nitrogens is 2. The Morgan fingerprint density at radius 2 is 2.33 bits per heavy atom. The minimum Gasteiger partial charge on any atom is -0.326 e. The second-order valence-electron chi connectivity index (χ2n) is 3.98. The fourth-order valence-electron chi connectivity index (χ4n) is 2.27. The Morgan fingerprint density at radius 3 is 3.20 bits per heavy atom. The van der Waals surface area contributed by atoms with E-state index in [9.17, 15) is 0 Å². The van der Waals surface area contributed by atoms with Crippen molar-refractivity contribution < 1.29 is 0 Å². The Labute approximate surface area is 96.4 Å². The van der Waals surface area contributed by atoms with Gasteiger partial charge in [0.2, 0.25) is 0 Å². The maximum absolute atomic E-state index is 6.06. The van der Waals surface area contributed by atoms with Crippen molar-refractivity contribution in [2.75, 3.05) is 0 Å². The van der Waals surface area contributed by atoms with Crippen molar-refractivity contribution in [1.29, 1.82) is 0 Å². The van der Waals surface area contributed by atoms with Crippen molar-refractivity contribution in [2.24, 2.45) is 5.73 Å². The molecule has 4 heteroatoms. The molecular weight excluding hydrogens is 254 g/mol. The number of benzene rings is 1. The SMILES string of the molecule is NC1CCCn2c1nc1cccc(Br)c12. The van der Waals surface area contributed by atoms with Gasteiger partial charge in [0.1, 0.15) is 5.82 Å². The van der Waals surface area contributed by atoms with E-state index in [0.29, 0.717) is 0 Å². The first-order valence-electron chi connectivity index (χ1n) is 5.17. The van der Waals surface area contributed by atoms with Gasteiger partial charge in [-0.1, -0.05) is 6.07 Å². The number of imidazole rings is 1. The van der Waals surface area contributed by atoms with Crippen molar-refractivity contribution in [3.05, 3.63) is 28.5 Å². The molecule has 0 bridgehead atoms. The topological polar surface area (TPSA) is 43.8 Å². The van der Waals surface area contributed by atoms with Crippen LogP contribution >= 0.6 is 15.9 Å². The molecule has 78 valence electrons. The van der Waals surface area contributed by atoms with Crippen LogP contribution in [-0.2, 0) is 6.54 Å². The average Bonchev–Trinajstić information content (AvgIpc) is 2.59. The summed E-state index contributed by atoms with van der Waals surface area (Å²) in [5.41, 5.74) is 8.28. The molecule has 1 atom stereocenters. The van der Waals surface area contributed by atoms with Gasteiger partial charge in [0, 0.05) is 11.0 Å². The lowest BCUT2D eigenvalue weighted by molar-refractivity contribution is 0.459. The average molecular weight is 266 g/mol. The van der Waals surface area contributed by atoms with E-state index in [0.717, 1.165) is 35.2 Å². The van der Waals surface area contributed by atoms with Crippen molar-refractivity contribution in [2.45, 2.75) is 25.4 Å². The van der Waals surface area contributed by atoms with E-state index in [1.54, 1.807) is 0 Å². The summed E-state index contributed by atoms with van der Waals surface area (Å²) in [6.07, 6.45) is 2.18. The zero-order valence-electron chi connectivity index (χ0n) is 8.28. The fourth-order valence-corrected chi connectivity index (χ4v) is 2.84. The van der Waals surface area contributed by atoms with E-state index in [1.807, 2.05) is 12.1 Å². The highest BCUT2D eigenvalue weighted by atomic mass is 79.9. The smallest absolute Gasteiger partial charge is 0.126 e. The van der Waals surface area contributed by atoms with E-state index in [-0.39, 0.29) is 6.04 Å². The molecule has 0 radical (unpaired) electrons. The fraction of sp³-hybridized carbons (Fsp3) is 0.364. The van der Waals surface area contributed by atoms with Gasteiger partial charge < -0.3 is 10.3 Å². The van der Waals surface area contributed by atoms with E-state index in [1.165, 1.54) is 5.52 Å².